The molecule has 0 radical (unpaired) electrons. The maximum absolute atomic E-state index is 12.1. The molecule has 0 fully saturated rings. The number of alkyl halides is 3. The monoisotopic (exact) mass is 298 g/mol. The second-order valence-corrected chi connectivity index (χ2v) is 4.46. The van der Waals surface area contributed by atoms with Crippen molar-refractivity contribution in [1.82, 2.24) is 5.32 Å². The molecule has 0 unspecified atom stereocenters. The van der Waals surface area contributed by atoms with Gasteiger partial charge in [-0.25, -0.2) is 4.79 Å². The largest absolute Gasteiger partial charge is 0.550 e. The second-order valence-electron chi connectivity index (χ2n) is 4.46. The lowest BCUT2D eigenvalue weighted by Gasteiger charge is -2.19. The van der Waals surface area contributed by atoms with E-state index in [-0.39, 0.29) is 12.5 Å². The molecule has 0 aromatic heterocycles. The molecule has 0 saturated heterocycles. The molecule has 0 aromatic rings. The molecular weight excluding hydrogens is 283 g/mol. The Balaban J connectivity index is 4.67. The minimum Gasteiger partial charge on any atom is -0.550 e. The van der Waals surface area contributed by atoms with Crippen LogP contribution in [-0.2, 0) is 19.1 Å². The lowest BCUT2D eigenvalue weighted by molar-refractivity contribution is -0.305. The Kier molecular flexibility index (Phi) is 7.01. The highest BCUT2D eigenvalue weighted by Crippen LogP contribution is 2.15. The lowest BCUT2D eigenvalue weighted by Crippen LogP contribution is -2.48. The number of hydrogen-bond donors (Lipinski definition) is 1. The molecule has 9 heteroatoms. The van der Waals surface area contributed by atoms with E-state index < -0.39 is 42.9 Å². The van der Waals surface area contributed by atoms with Crippen LogP contribution in [0.5, 0.6) is 0 Å². The Bertz CT molecular complexity index is 368. The third kappa shape index (κ3) is 7.59. The SMILES string of the molecule is CC(C)COC(=O)[C@H](CCC(=O)[O-])NC(=O)C(F)(F)F. The number of carbonyl (C=O) groups excluding carboxylic acids is 3. The van der Waals surface area contributed by atoms with Crippen LogP contribution in [0.25, 0.3) is 0 Å². The lowest BCUT2D eigenvalue weighted by atomic mass is 10.1. The molecule has 0 aromatic carbocycles. The molecule has 1 atom stereocenters. The summed E-state index contributed by atoms with van der Waals surface area (Å²) in [6.45, 7) is 3.36. The zero-order valence-corrected chi connectivity index (χ0v) is 11.0. The van der Waals surface area contributed by atoms with Crippen molar-refractivity contribution in [2.45, 2.75) is 38.9 Å². The zero-order chi connectivity index (χ0) is 15.9. The van der Waals surface area contributed by atoms with E-state index >= 15 is 0 Å². The van der Waals surface area contributed by atoms with Crippen LogP contribution in [-0.4, -0.2) is 36.7 Å². The number of halogens is 3. The summed E-state index contributed by atoms with van der Waals surface area (Å²) in [6.07, 6.45) is -6.39. The first-order valence-electron chi connectivity index (χ1n) is 5.78. The number of aliphatic carboxylic acids is 1. The van der Waals surface area contributed by atoms with Crippen LogP contribution < -0.4 is 10.4 Å². The number of carboxylic acid groups (broad SMARTS) is 1. The molecule has 0 rings (SSSR count). The fraction of sp³-hybridized carbons (Fsp3) is 0.727. The average Bonchev–Trinajstić information content (AvgIpc) is 2.29. The molecule has 0 aliphatic heterocycles. The first-order valence-corrected chi connectivity index (χ1v) is 5.78. The average molecular weight is 298 g/mol. The minimum atomic E-state index is -5.17. The van der Waals surface area contributed by atoms with E-state index in [0.29, 0.717) is 0 Å². The molecule has 1 N–H and O–H groups in total. The van der Waals surface area contributed by atoms with Gasteiger partial charge in [-0.2, -0.15) is 13.2 Å². The van der Waals surface area contributed by atoms with Crippen LogP contribution >= 0.6 is 0 Å². The van der Waals surface area contributed by atoms with Gasteiger partial charge in [-0.05, 0) is 18.8 Å². The number of nitrogens with one attached hydrogen (secondary N) is 1. The van der Waals surface area contributed by atoms with Crippen LogP contribution in [0.2, 0.25) is 0 Å². The highest BCUT2D eigenvalue weighted by Gasteiger charge is 2.41. The van der Waals surface area contributed by atoms with Gasteiger partial charge < -0.3 is 20.0 Å². The van der Waals surface area contributed by atoms with Crippen molar-refractivity contribution in [3.63, 3.8) is 0 Å². The van der Waals surface area contributed by atoms with Gasteiger partial charge in [0.15, 0.2) is 0 Å². The smallest absolute Gasteiger partial charge is 0.471 e. The highest BCUT2D eigenvalue weighted by molar-refractivity contribution is 5.87. The van der Waals surface area contributed by atoms with Crippen molar-refractivity contribution in [3.8, 4) is 0 Å². The third-order valence-electron chi connectivity index (χ3n) is 2.04. The summed E-state index contributed by atoms with van der Waals surface area (Å²) in [4.78, 5) is 32.5. The number of ether oxygens (including phenoxy) is 1. The van der Waals surface area contributed by atoms with Gasteiger partial charge >= 0.3 is 18.1 Å². The number of amides is 1. The Morgan fingerprint density at radius 3 is 2.20 bits per heavy atom. The number of rotatable bonds is 7. The van der Waals surface area contributed by atoms with Crippen LogP contribution in [0.1, 0.15) is 26.7 Å². The van der Waals surface area contributed by atoms with Gasteiger partial charge in [-0.15, -0.1) is 0 Å². The minimum absolute atomic E-state index is 0.0530. The third-order valence-corrected chi connectivity index (χ3v) is 2.04. The molecule has 0 aliphatic carbocycles. The summed E-state index contributed by atoms with van der Waals surface area (Å²) in [7, 11) is 0. The second kappa shape index (κ2) is 7.71. The molecule has 1 amide bonds. The summed E-state index contributed by atoms with van der Waals surface area (Å²) in [5.41, 5.74) is 0. The molecule has 0 heterocycles. The Morgan fingerprint density at radius 2 is 1.80 bits per heavy atom. The molecule has 0 bridgehead atoms. The van der Waals surface area contributed by atoms with Gasteiger partial charge in [-0.3, -0.25) is 4.79 Å². The van der Waals surface area contributed by atoms with Crippen LogP contribution in [0, 0.1) is 5.92 Å². The van der Waals surface area contributed by atoms with Gasteiger partial charge in [0.2, 0.25) is 0 Å². The van der Waals surface area contributed by atoms with E-state index in [9.17, 15) is 32.7 Å². The van der Waals surface area contributed by atoms with Crippen molar-refractivity contribution in [2.75, 3.05) is 6.61 Å². The van der Waals surface area contributed by atoms with Crippen LogP contribution in [0.15, 0.2) is 0 Å². The molecule has 20 heavy (non-hydrogen) atoms. The van der Waals surface area contributed by atoms with Crippen molar-refractivity contribution in [2.24, 2.45) is 5.92 Å². The standard InChI is InChI=1S/C11H16F3NO5/c1-6(2)5-20-9(18)7(3-4-8(16)17)15-10(19)11(12,13)14/h6-7H,3-5H2,1-2H3,(H,15,19)(H,16,17)/p-1/t7-/m0/s1. The van der Waals surface area contributed by atoms with E-state index in [4.69, 9.17) is 0 Å². The van der Waals surface area contributed by atoms with Gasteiger partial charge in [0.1, 0.15) is 6.04 Å². The summed E-state index contributed by atoms with van der Waals surface area (Å²) in [6, 6.07) is -1.68. The molecule has 116 valence electrons. The predicted molar refractivity (Wildman–Crippen MR) is 58.0 cm³/mol. The molecule has 0 aliphatic rings. The Labute approximate surface area is 113 Å². The van der Waals surface area contributed by atoms with Crippen LogP contribution in [0.4, 0.5) is 13.2 Å². The molecule has 0 saturated carbocycles. The van der Waals surface area contributed by atoms with Gasteiger partial charge in [0.25, 0.3) is 0 Å². The quantitative estimate of drug-likeness (QED) is 0.655. The van der Waals surface area contributed by atoms with Crippen molar-refractivity contribution >= 4 is 17.8 Å². The number of carbonyl (C=O) groups is 3. The van der Waals surface area contributed by atoms with Crippen LogP contribution in [0.3, 0.4) is 0 Å². The van der Waals surface area contributed by atoms with E-state index in [1.54, 1.807) is 13.8 Å². The molecule has 6 nitrogen and oxygen atoms in total. The van der Waals surface area contributed by atoms with E-state index in [0.717, 1.165) is 0 Å². The highest BCUT2D eigenvalue weighted by atomic mass is 19.4. The fourth-order valence-electron chi connectivity index (χ4n) is 1.10. The van der Waals surface area contributed by atoms with Crippen molar-refractivity contribution in [1.29, 1.82) is 0 Å². The summed E-state index contributed by atoms with van der Waals surface area (Å²) in [5.74, 6) is -5.05. The summed E-state index contributed by atoms with van der Waals surface area (Å²) in [5, 5.41) is 11.7. The maximum Gasteiger partial charge on any atom is 0.471 e. The number of hydrogen-bond acceptors (Lipinski definition) is 5. The van der Waals surface area contributed by atoms with E-state index in [2.05, 4.69) is 4.74 Å². The van der Waals surface area contributed by atoms with E-state index in [1.165, 1.54) is 5.32 Å². The fourth-order valence-corrected chi connectivity index (χ4v) is 1.10. The number of carboxylic acids is 1. The summed E-state index contributed by atoms with van der Waals surface area (Å²) >= 11 is 0. The maximum atomic E-state index is 12.1. The summed E-state index contributed by atoms with van der Waals surface area (Å²) < 4.78 is 41.0. The van der Waals surface area contributed by atoms with Gasteiger partial charge in [-0.1, -0.05) is 13.8 Å². The first kappa shape index (κ1) is 18.2. The number of esters is 1. The zero-order valence-electron chi connectivity index (χ0n) is 11.0. The van der Waals surface area contributed by atoms with Crippen molar-refractivity contribution in [3.05, 3.63) is 0 Å². The van der Waals surface area contributed by atoms with Gasteiger partial charge in [0, 0.05) is 5.97 Å². The molecule has 0 spiro atoms. The predicted octanol–water partition coefficient (Wildman–Crippen LogP) is -0.237. The molecular formula is C11H15F3NO5-. The Hall–Kier alpha value is -1.80. The first-order chi connectivity index (χ1) is 9.04. The van der Waals surface area contributed by atoms with Gasteiger partial charge in [0.05, 0.1) is 6.61 Å². The Morgan fingerprint density at radius 1 is 1.25 bits per heavy atom. The topological polar surface area (TPSA) is 95.5 Å². The van der Waals surface area contributed by atoms with E-state index in [1.807, 2.05) is 0 Å². The normalized spacial score (nSPS) is 12.9. The van der Waals surface area contributed by atoms with Crippen molar-refractivity contribution < 1.29 is 37.4 Å².